The van der Waals surface area contributed by atoms with E-state index in [1.807, 2.05) is 0 Å². The number of hydrogen-bond acceptors (Lipinski definition) is 3. The first-order valence-corrected chi connectivity index (χ1v) is 4.22. The summed E-state index contributed by atoms with van der Waals surface area (Å²) in [6, 6.07) is 4.44. The van der Waals surface area contributed by atoms with E-state index >= 15 is 0 Å². The van der Waals surface area contributed by atoms with E-state index in [0.29, 0.717) is 17.6 Å². The Hall–Kier alpha value is -2.10. The normalized spacial score (nSPS) is 10.2. The average Bonchev–Trinajstić information content (AvgIpc) is 2.25. The van der Waals surface area contributed by atoms with E-state index in [2.05, 4.69) is 0 Å². The molecule has 0 saturated carbocycles. The first-order chi connectivity index (χ1) is 7.19. The Morgan fingerprint density at radius 3 is 2.73 bits per heavy atom. The number of hydrogen-bond donors (Lipinski definition) is 1. The predicted octanol–water partition coefficient (Wildman–Crippen LogP) is 1.61. The molecule has 0 fully saturated rings. The highest BCUT2D eigenvalue weighted by molar-refractivity contribution is 5.89. The molecule has 0 aliphatic rings. The molecule has 1 aromatic carbocycles. The molecule has 0 heterocycles. The van der Waals surface area contributed by atoms with Crippen molar-refractivity contribution in [3.8, 4) is 5.75 Å². The van der Waals surface area contributed by atoms with Crippen molar-refractivity contribution in [2.75, 3.05) is 7.11 Å². The van der Waals surface area contributed by atoms with E-state index in [1.165, 1.54) is 31.4 Å². The number of carbonyl (C=O) groups excluding carboxylic acids is 1. The number of carboxylic acid groups (broad SMARTS) is 1. The molecular weight excluding hydrogens is 196 g/mol. The quantitative estimate of drug-likeness (QED) is 0.600. The summed E-state index contributed by atoms with van der Waals surface area (Å²) < 4.78 is 5.02. The van der Waals surface area contributed by atoms with Crippen LogP contribution < -0.4 is 4.74 Å². The molecule has 0 spiro atoms. The van der Waals surface area contributed by atoms with Crippen molar-refractivity contribution in [3.63, 3.8) is 0 Å². The van der Waals surface area contributed by atoms with Crippen molar-refractivity contribution in [2.45, 2.75) is 0 Å². The number of allylic oxidation sites excluding steroid dienone is 1. The van der Waals surface area contributed by atoms with Crippen LogP contribution in [0.5, 0.6) is 5.75 Å². The van der Waals surface area contributed by atoms with Gasteiger partial charge in [-0.2, -0.15) is 0 Å². The van der Waals surface area contributed by atoms with Crippen LogP contribution >= 0.6 is 0 Å². The van der Waals surface area contributed by atoms with E-state index in [1.54, 1.807) is 6.07 Å². The zero-order valence-corrected chi connectivity index (χ0v) is 8.14. The minimum absolute atomic E-state index is 0.154. The largest absolute Gasteiger partial charge is 0.496 e. The Balaban J connectivity index is 3.18. The van der Waals surface area contributed by atoms with E-state index in [-0.39, 0.29) is 5.56 Å². The molecule has 0 unspecified atom stereocenters. The maximum atomic E-state index is 10.7. The molecule has 15 heavy (non-hydrogen) atoms. The van der Waals surface area contributed by atoms with Crippen LogP contribution in [0, 0.1) is 0 Å². The summed E-state index contributed by atoms with van der Waals surface area (Å²) in [5.41, 5.74) is 0.714. The van der Waals surface area contributed by atoms with Gasteiger partial charge < -0.3 is 9.84 Å². The van der Waals surface area contributed by atoms with Crippen LogP contribution in [-0.4, -0.2) is 24.5 Å². The summed E-state index contributed by atoms with van der Waals surface area (Å²) >= 11 is 0. The minimum atomic E-state index is -1.02. The maximum absolute atomic E-state index is 10.7. The third kappa shape index (κ3) is 2.67. The zero-order valence-electron chi connectivity index (χ0n) is 8.14. The Bertz CT molecular complexity index is 407. The van der Waals surface area contributed by atoms with Crippen molar-refractivity contribution in [1.82, 2.24) is 0 Å². The summed E-state index contributed by atoms with van der Waals surface area (Å²) in [4.78, 5) is 20.8. The lowest BCUT2D eigenvalue weighted by atomic mass is 10.1. The van der Waals surface area contributed by atoms with Crippen molar-refractivity contribution in [1.29, 1.82) is 0 Å². The monoisotopic (exact) mass is 206 g/mol. The molecule has 0 aromatic heterocycles. The van der Waals surface area contributed by atoms with E-state index < -0.39 is 5.97 Å². The number of carbonyl (C=O) groups is 2. The second-order valence-electron chi connectivity index (χ2n) is 2.76. The van der Waals surface area contributed by atoms with Crippen molar-refractivity contribution in [2.24, 2.45) is 0 Å². The van der Waals surface area contributed by atoms with Gasteiger partial charge in [0.1, 0.15) is 12.0 Å². The van der Waals surface area contributed by atoms with Crippen molar-refractivity contribution < 1.29 is 19.4 Å². The van der Waals surface area contributed by atoms with Gasteiger partial charge in [-0.15, -0.1) is 0 Å². The van der Waals surface area contributed by atoms with Crippen LogP contribution in [0.15, 0.2) is 24.3 Å². The van der Waals surface area contributed by atoms with Gasteiger partial charge in [0.25, 0.3) is 0 Å². The summed E-state index contributed by atoms with van der Waals surface area (Å²) in [7, 11) is 1.48. The van der Waals surface area contributed by atoms with E-state index in [4.69, 9.17) is 9.84 Å². The summed E-state index contributed by atoms with van der Waals surface area (Å²) in [6.45, 7) is 0. The number of aldehydes is 1. The summed E-state index contributed by atoms with van der Waals surface area (Å²) in [5, 5.41) is 8.76. The number of carboxylic acids is 1. The fourth-order valence-corrected chi connectivity index (χ4v) is 1.14. The molecule has 0 aliphatic carbocycles. The van der Waals surface area contributed by atoms with Gasteiger partial charge in [-0.3, -0.25) is 4.79 Å². The van der Waals surface area contributed by atoms with Crippen LogP contribution in [0.3, 0.4) is 0 Å². The Labute approximate surface area is 86.8 Å². The average molecular weight is 206 g/mol. The van der Waals surface area contributed by atoms with Gasteiger partial charge in [0.15, 0.2) is 0 Å². The van der Waals surface area contributed by atoms with Crippen LogP contribution in [-0.2, 0) is 4.79 Å². The minimum Gasteiger partial charge on any atom is -0.496 e. The molecule has 0 bridgehead atoms. The highest BCUT2D eigenvalue weighted by Crippen LogP contribution is 2.21. The Kier molecular flexibility index (Phi) is 3.62. The lowest BCUT2D eigenvalue weighted by Crippen LogP contribution is -1.97. The molecule has 0 atom stereocenters. The first-order valence-electron chi connectivity index (χ1n) is 4.22. The topological polar surface area (TPSA) is 63.6 Å². The molecule has 4 heteroatoms. The smallest absolute Gasteiger partial charge is 0.335 e. The highest BCUT2D eigenvalue weighted by Gasteiger charge is 2.06. The zero-order chi connectivity index (χ0) is 11.3. The molecule has 4 nitrogen and oxygen atoms in total. The van der Waals surface area contributed by atoms with Crippen LogP contribution in [0.2, 0.25) is 0 Å². The first kappa shape index (κ1) is 11.0. The SMILES string of the molecule is COc1ccc(C(=O)O)cc1C=CC=O. The molecule has 0 saturated heterocycles. The molecule has 1 rings (SSSR count). The second-order valence-corrected chi connectivity index (χ2v) is 2.76. The van der Waals surface area contributed by atoms with Gasteiger partial charge in [0.05, 0.1) is 12.7 Å². The third-order valence-corrected chi connectivity index (χ3v) is 1.83. The molecule has 78 valence electrons. The number of ether oxygens (including phenoxy) is 1. The summed E-state index contributed by atoms with van der Waals surface area (Å²) in [6.07, 6.45) is 3.40. The number of aromatic carboxylic acids is 1. The van der Waals surface area contributed by atoms with Crippen molar-refractivity contribution >= 4 is 18.3 Å². The number of rotatable bonds is 4. The Morgan fingerprint density at radius 1 is 1.47 bits per heavy atom. The van der Waals surface area contributed by atoms with Crippen molar-refractivity contribution in [3.05, 3.63) is 35.4 Å². The molecule has 1 aromatic rings. The number of benzene rings is 1. The molecule has 0 radical (unpaired) electrons. The van der Waals surface area contributed by atoms with Crippen LogP contribution in [0.25, 0.3) is 6.08 Å². The van der Waals surface area contributed by atoms with Crippen LogP contribution in [0.1, 0.15) is 15.9 Å². The van der Waals surface area contributed by atoms with E-state index in [0.717, 1.165) is 0 Å². The standard InChI is InChI=1S/C11H10O4/c1-15-10-5-4-9(11(13)14)7-8(10)3-2-6-12/h2-7H,1H3,(H,13,14). The fraction of sp³-hybridized carbons (Fsp3) is 0.0909. The Morgan fingerprint density at radius 2 is 2.20 bits per heavy atom. The molecule has 1 N–H and O–H groups in total. The third-order valence-electron chi connectivity index (χ3n) is 1.83. The predicted molar refractivity (Wildman–Crippen MR) is 55.1 cm³/mol. The highest BCUT2D eigenvalue weighted by atomic mass is 16.5. The lowest BCUT2D eigenvalue weighted by molar-refractivity contribution is -0.104. The van der Waals surface area contributed by atoms with Gasteiger partial charge in [-0.25, -0.2) is 4.79 Å². The van der Waals surface area contributed by atoms with Gasteiger partial charge in [-0.05, 0) is 30.4 Å². The maximum Gasteiger partial charge on any atom is 0.335 e. The van der Waals surface area contributed by atoms with Gasteiger partial charge >= 0.3 is 5.97 Å². The molecular formula is C11H10O4. The lowest BCUT2D eigenvalue weighted by Gasteiger charge is -2.05. The molecule has 0 amide bonds. The van der Waals surface area contributed by atoms with Gasteiger partial charge in [-0.1, -0.05) is 0 Å². The molecule has 0 aliphatic heterocycles. The van der Waals surface area contributed by atoms with Gasteiger partial charge in [0, 0.05) is 5.56 Å². The fourth-order valence-electron chi connectivity index (χ4n) is 1.14. The van der Waals surface area contributed by atoms with Crippen LogP contribution in [0.4, 0.5) is 0 Å². The summed E-state index contributed by atoms with van der Waals surface area (Å²) in [5.74, 6) is -0.489. The second kappa shape index (κ2) is 4.95. The van der Waals surface area contributed by atoms with E-state index in [9.17, 15) is 9.59 Å². The van der Waals surface area contributed by atoms with Gasteiger partial charge in [0.2, 0.25) is 0 Å². The number of methoxy groups -OCH3 is 1.